The van der Waals surface area contributed by atoms with E-state index in [1.165, 1.54) is 41.4 Å². The minimum absolute atomic E-state index is 0.276. The van der Waals surface area contributed by atoms with Crippen LogP contribution in [0.3, 0.4) is 0 Å². The first-order valence-electron chi connectivity index (χ1n) is 6.43. The lowest BCUT2D eigenvalue weighted by Crippen LogP contribution is -2.41. The van der Waals surface area contributed by atoms with Crippen molar-refractivity contribution >= 4 is 10.9 Å². The second-order valence-electron chi connectivity index (χ2n) is 5.46. The Kier molecular flexibility index (Phi) is 2.30. The van der Waals surface area contributed by atoms with Crippen LogP contribution in [0.1, 0.15) is 30.5 Å². The summed E-state index contributed by atoms with van der Waals surface area (Å²) < 4.78 is 2.25. The van der Waals surface area contributed by atoms with E-state index in [-0.39, 0.29) is 5.41 Å². The van der Waals surface area contributed by atoms with Crippen LogP contribution in [0, 0.1) is 6.92 Å². The summed E-state index contributed by atoms with van der Waals surface area (Å²) >= 11 is 0. The second kappa shape index (κ2) is 3.61. The molecule has 17 heavy (non-hydrogen) atoms. The van der Waals surface area contributed by atoms with Crippen LogP contribution in [0.2, 0.25) is 0 Å². The van der Waals surface area contributed by atoms with Crippen molar-refractivity contribution in [3.63, 3.8) is 0 Å². The minimum Gasteiger partial charge on any atom is -0.348 e. The van der Waals surface area contributed by atoms with E-state index in [1.807, 2.05) is 0 Å². The standard InChI is InChI=1S/C15H20N2/c1-11-8-12-9-13(4-5-14(12)17(11)2)15(10-16)6-3-7-15/h4-5,8-9H,3,6-7,10,16H2,1-2H3. The largest absolute Gasteiger partial charge is 0.348 e. The molecule has 2 heteroatoms. The molecule has 0 aliphatic heterocycles. The average Bonchev–Trinajstić information content (AvgIpc) is 2.54. The molecule has 90 valence electrons. The molecule has 2 N–H and O–H groups in total. The van der Waals surface area contributed by atoms with Crippen LogP contribution >= 0.6 is 0 Å². The molecule has 0 amide bonds. The number of nitrogens with two attached hydrogens (primary N) is 1. The van der Waals surface area contributed by atoms with Gasteiger partial charge in [0.25, 0.3) is 0 Å². The molecule has 1 aromatic heterocycles. The summed E-state index contributed by atoms with van der Waals surface area (Å²) in [4.78, 5) is 0. The third kappa shape index (κ3) is 1.44. The predicted molar refractivity (Wildman–Crippen MR) is 72.2 cm³/mol. The van der Waals surface area contributed by atoms with E-state index in [1.54, 1.807) is 0 Å². The molecule has 3 rings (SSSR count). The molecule has 0 unspecified atom stereocenters. The van der Waals surface area contributed by atoms with Crippen LogP contribution in [0.25, 0.3) is 10.9 Å². The van der Waals surface area contributed by atoms with Gasteiger partial charge in [-0.2, -0.15) is 0 Å². The molecule has 1 heterocycles. The third-order valence-corrected chi connectivity index (χ3v) is 4.60. The van der Waals surface area contributed by atoms with E-state index in [2.05, 4.69) is 42.8 Å². The topological polar surface area (TPSA) is 30.9 Å². The highest BCUT2D eigenvalue weighted by Crippen LogP contribution is 2.43. The van der Waals surface area contributed by atoms with Crippen LogP contribution in [0.5, 0.6) is 0 Å². The number of hydrogen-bond acceptors (Lipinski definition) is 1. The summed E-state index contributed by atoms with van der Waals surface area (Å²) in [6.45, 7) is 2.94. The van der Waals surface area contributed by atoms with Gasteiger partial charge in [0.05, 0.1) is 0 Å². The van der Waals surface area contributed by atoms with Crippen molar-refractivity contribution in [2.45, 2.75) is 31.6 Å². The summed E-state index contributed by atoms with van der Waals surface area (Å²) in [7, 11) is 2.12. The number of aryl methyl sites for hydroxylation is 2. The van der Waals surface area contributed by atoms with Crippen LogP contribution in [0.15, 0.2) is 24.3 Å². The molecule has 1 aliphatic carbocycles. The van der Waals surface area contributed by atoms with Crippen molar-refractivity contribution in [3.8, 4) is 0 Å². The van der Waals surface area contributed by atoms with Gasteiger partial charge < -0.3 is 10.3 Å². The zero-order valence-corrected chi connectivity index (χ0v) is 10.7. The van der Waals surface area contributed by atoms with Crippen molar-refractivity contribution in [3.05, 3.63) is 35.5 Å². The van der Waals surface area contributed by atoms with Gasteiger partial charge in [-0.15, -0.1) is 0 Å². The van der Waals surface area contributed by atoms with Gasteiger partial charge in [-0.25, -0.2) is 0 Å². The summed E-state index contributed by atoms with van der Waals surface area (Å²) in [6.07, 6.45) is 3.82. The average molecular weight is 228 g/mol. The fourth-order valence-electron chi connectivity index (χ4n) is 3.03. The van der Waals surface area contributed by atoms with E-state index in [9.17, 15) is 0 Å². The Labute approximate surface area is 102 Å². The number of rotatable bonds is 2. The molecule has 0 atom stereocenters. The number of hydrogen-bond donors (Lipinski definition) is 1. The van der Waals surface area contributed by atoms with E-state index in [0.29, 0.717) is 0 Å². The lowest BCUT2D eigenvalue weighted by Gasteiger charge is -2.41. The van der Waals surface area contributed by atoms with Gasteiger partial charge in [0, 0.05) is 35.6 Å². The Morgan fingerprint density at radius 3 is 2.65 bits per heavy atom. The van der Waals surface area contributed by atoms with Crippen LogP contribution in [0.4, 0.5) is 0 Å². The highest BCUT2D eigenvalue weighted by atomic mass is 14.9. The molecule has 0 saturated heterocycles. The van der Waals surface area contributed by atoms with Gasteiger partial charge in [-0.05, 0) is 43.5 Å². The summed E-state index contributed by atoms with van der Waals surface area (Å²) in [5, 5.41) is 1.35. The quantitative estimate of drug-likeness (QED) is 0.842. The van der Waals surface area contributed by atoms with Crippen LogP contribution < -0.4 is 5.73 Å². The molecule has 1 aliphatic rings. The predicted octanol–water partition coefficient (Wildman–Crippen LogP) is 2.87. The van der Waals surface area contributed by atoms with Crippen molar-refractivity contribution in [2.75, 3.05) is 6.54 Å². The highest BCUT2D eigenvalue weighted by Gasteiger charge is 2.37. The molecule has 1 fully saturated rings. The first-order valence-corrected chi connectivity index (χ1v) is 6.43. The van der Waals surface area contributed by atoms with Gasteiger partial charge in [0.1, 0.15) is 0 Å². The minimum atomic E-state index is 0.276. The normalized spacial score (nSPS) is 18.3. The Balaban J connectivity index is 2.13. The van der Waals surface area contributed by atoms with Gasteiger partial charge in [0.2, 0.25) is 0 Å². The third-order valence-electron chi connectivity index (χ3n) is 4.60. The molecule has 1 saturated carbocycles. The van der Waals surface area contributed by atoms with Crippen LogP contribution in [-0.2, 0) is 12.5 Å². The number of fused-ring (bicyclic) bond motifs is 1. The van der Waals surface area contributed by atoms with Crippen molar-refractivity contribution in [2.24, 2.45) is 12.8 Å². The van der Waals surface area contributed by atoms with Gasteiger partial charge in [0.15, 0.2) is 0 Å². The molecular formula is C15H20N2. The zero-order chi connectivity index (χ0) is 12.0. The van der Waals surface area contributed by atoms with E-state index in [4.69, 9.17) is 5.73 Å². The zero-order valence-electron chi connectivity index (χ0n) is 10.7. The molecular weight excluding hydrogens is 208 g/mol. The maximum atomic E-state index is 5.97. The monoisotopic (exact) mass is 228 g/mol. The van der Waals surface area contributed by atoms with Crippen molar-refractivity contribution in [1.82, 2.24) is 4.57 Å². The molecule has 2 nitrogen and oxygen atoms in total. The van der Waals surface area contributed by atoms with Gasteiger partial charge in [-0.1, -0.05) is 12.5 Å². The van der Waals surface area contributed by atoms with E-state index < -0.39 is 0 Å². The van der Waals surface area contributed by atoms with Crippen LogP contribution in [-0.4, -0.2) is 11.1 Å². The molecule has 0 bridgehead atoms. The second-order valence-corrected chi connectivity index (χ2v) is 5.46. The fourth-order valence-corrected chi connectivity index (χ4v) is 3.03. The number of aromatic nitrogens is 1. The lowest BCUT2D eigenvalue weighted by molar-refractivity contribution is 0.253. The fraction of sp³-hybridized carbons (Fsp3) is 0.467. The first-order chi connectivity index (χ1) is 8.16. The number of benzene rings is 1. The molecule has 0 spiro atoms. The maximum absolute atomic E-state index is 5.97. The van der Waals surface area contributed by atoms with E-state index in [0.717, 1.165) is 6.54 Å². The molecule has 2 aromatic rings. The summed E-state index contributed by atoms with van der Waals surface area (Å²) in [5.74, 6) is 0. The first kappa shape index (κ1) is 10.8. The van der Waals surface area contributed by atoms with Crippen molar-refractivity contribution in [1.29, 1.82) is 0 Å². The molecule has 1 aromatic carbocycles. The SMILES string of the molecule is Cc1cc2cc(C3(CN)CCC3)ccc2n1C. The van der Waals surface area contributed by atoms with Crippen molar-refractivity contribution < 1.29 is 0 Å². The van der Waals surface area contributed by atoms with Gasteiger partial charge in [-0.3, -0.25) is 0 Å². The van der Waals surface area contributed by atoms with Gasteiger partial charge >= 0.3 is 0 Å². The van der Waals surface area contributed by atoms with E-state index >= 15 is 0 Å². The maximum Gasteiger partial charge on any atom is 0.0479 e. The molecule has 0 radical (unpaired) electrons. The smallest absolute Gasteiger partial charge is 0.0479 e. The number of nitrogens with zero attached hydrogens (tertiary/aromatic N) is 1. The Morgan fingerprint density at radius 1 is 1.29 bits per heavy atom. The Morgan fingerprint density at radius 2 is 2.06 bits per heavy atom. The Hall–Kier alpha value is -1.28. The summed E-state index contributed by atoms with van der Waals surface area (Å²) in [6, 6.07) is 9.12. The highest BCUT2D eigenvalue weighted by molar-refractivity contribution is 5.82. The lowest BCUT2D eigenvalue weighted by atomic mass is 9.64. The Bertz CT molecular complexity index is 556. The summed E-state index contributed by atoms with van der Waals surface area (Å²) in [5.41, 5.74) is 10.3.